The van der Waals surface area contributed by atoms with Gasteiger partial charge in [0.25, 0.3) is 0 Å². The molecular weight excluding hydrogens is 352 g/mol. The van der Waals surface area contributed by atoms with Crippen molar-refractivity contribution >= 4 is 29.2 Å². The molecule has 28 heavy (non-hydrogen) atoms. The van der Waals surface area contributed by atoms with E-state index in [0.29, 0.717) is 18.5 Å². The SMILES string of the molecule is CCN1C(=O)N(C)c2cnc(Nc3cc(C)ccc3C)nc2N1C1CCCC1. The zero-order valence-electron chi connectivity index (χ0n) is 17.1. The van der Waals surface area contributed by atoms with E-state index < -0.39 is 0 Å². The van der Waals surface area contributed by atoms with Crippen LogP contribution in [-0.4, -0.2) is 40.6 Å². The minimum atomic E-state index is -0.0271. The lowest BCUT2D eigenvalue weighted by Gasteiger charge is -2.45. The van der Waals surface area contributed by atoms with E-state index in [1.807, 2.05) is 11.9 Å². The molecule has 0 radical (unpaired) electrons. The second-order valence-corrected chi connectivity index (χ2v) is 7.69. The quantitative estimate of drug-likeness (QED) is 0.852. The summed E-state index contributed by atoms with van der Waals surface area (Å²) in [6, 6.07) is 6.56. The van der Waals surface area contributed by atoms with Gasteiger partial charge in [-0.05, 0) is 50.8 Å². The molecule has 1 aromatic heterocycles. The van der Waals surface area contributed by atoms with Crippen LogP contribution in [0.3, 0.4) is 0 Å². The van der Waals surface area contributed by atoms with Crippen molar-refractivity contribution in [2.24, 2.45) is 0 Å². The average molecular weight is 380 g/mol. The zero-order chi connectivity index (χ0) is 19.8. The van der Waals surface area contributed by atoms with E-state index in [9.17, 15) is 4.79 Å². The molecule has 7 nitrogen and oxygen atoms in total. The van der Waals surface area contributed by atoms with Crippen molar-refractivity contribution < 1.29 is 4.79 Å². The molecule has 0 bridgehead atoms. The lowest BCUT2D eigenvalue weighted by atomic mass is 10.1. The molecule has 1 saturated carbocycles. The summed E-state index contributed by atoms with van der Waals surface area (Å²) in [5.41, 5.74) is 4.08. The molecule has 1 fully saturated rings. The number of anilines is 4. The van der Waals surface area contributed by atoms with Crippen LogP contribution in [0.5, 0.6) is 0 Å². The van der Waals surface area contributed by atoms with Crippen LogP contribution in [0.25, 0.3) is 0 Å². The van der Waals surface area contributed by atoms with Gasteiger partial charge in [-0.15, -0.1) is 0 Å². The summed E-state index contributed by atoms with van der Waals surface area (Å²) in [4.78, 5) is 23.9. The Morgan fingerprint density at radius 3 is 2.68 bits per heavy atom. The first-order valence-corrected chi connectivity index (χ1v) is 10.0. The second kappa shape index (κ2) is 7.30. The van der Waals surface area contributed by atoms with Gasteiger partial charge in [-0.2, -0.15) is 4.98 Å². The third-order valence-electron chi connectivity index (χ3n) is 5.71. The first-order chi connectivity index (χ1) is 13.5. The van der Waals surface area contributed by atoms with Crippen molar-refractivity contribution in [3.63, 3.8) is 0 Å². The molecule has 2 aromatic rings. The third kappa shape index (κ3) is 3.15. The van der Waals surface area contributed by atoms with Gasteiger partial charge in [0.15, 0.2) is 5.82 Å². The maximum absolute atomic E-state index is 12.9. The molecule has 0 saturated heterocycles. The van der Waals surface area contributed by atoms with Crippen molar-refractivity contribution in [1.29, 1.82) is 0 Å². The fourth-order valence-corrected chi connectivity index (χ4v) is 4.11. The van der Waals surface area contributed by atoms with Crippen LogP contribution in [0.4, 0.5) is 27.9 Å². The molecule has 2 amide bonds. The lowest BCUT2D eigenvalue weighted by molar-refractivity contribution is 0.191. The Morgan fingerprint density at radius 1 is 1.21 bits per heavy atom. The second-order valence-electron chi connectivity index (χ2n) is 7.69. The van der Waals surface area contributed by atoms with Crippen molar-refractivity contribution in [1.82, 2.24) is 15.0 Å². The van der Waals surface area contributed by atoms with Crippen molar-refractivity contribution in [2.75, 3.05) is 28.8 Å². The predicted molar refractivity (Wildman–Crippen MR) is 112 cm³/mol. The summed E-state index contributed by atoms with van der Waals surface area (Å²) >= 11 is 0. The minimum Gasteiger partial charge on any atom is -0.324 e. The summed E-state index contributed by atoms with van der Waals surface area (Å²) < 4.78 is 0. The van der Waals surface area contributed by atoms with Gasteiger partial charge in [0.1, 0.15) is 5.69 Å². The van der Waals surface area contributed by atoms with Crippen LogP contribution in [0.15, 0.2) is 24.4 Å². The molecule has 0 spiro atoms. The van der Waals surface area contributed by atoms with Gasteiger partial charge in [-0.1, -0.05) is 25.0 Å². The van der Waals surface area contributed by atoms with E-state index >= 15 is 0 Å². The molecule has 1 N–H and O–H groups in total. The maximum Gasteiger partial charge on any atom is 0.343 e. The number of hydrazine groups is 1. The Morgan fingerprint density at radius 2 is 1.96 bits per heavy atom. The van der Waals surface area contributed by atoms with E-state index in [1.54, 1.807) is 18.1 Å². The Kier molecular flexibility index (Phi) is 4.83. The number of nitrogens with zero attached hydrogens (tertiary/aromatic N) is 5. The molecule has 2 heterocycles. The van der Waals surface area contributed by atoms with Crippen LogP contribution < -0.4 is 15.2 Å². The predicted octanol–water partition coefficient (Wildman–Crippen LogP) is 4.39. The summed E-state index contributed by atoms with van der Waals surface area (Å²) in [7, 11) is 1.79. The molecule has 7 heteroatoms. The number of aromatic nitrogens is 2. The highest BCUT2D eigenvalue weighted by Gasteiger charge is 2.39. The molecule has 1 aliphatic carbocycles. The number of carbonyl (C=O) groups excluding carboxylic acids is 1. The largest absolute Gasteiger partial charge is 0.343 e. The third-order valence-corrected chi connectivity index (χ3v) is 5.71. The van der Waals surface area contributed by atoms with Crippen LogP contribution in [0, 0.1) is 13.8 Å². The number of carbonyl (C=O) groups is 1. The number of hydrogen-bond donors (Lipinski definition) is 1. The number of benzene rings is 1. The number of aryl methyl sites for hydroxylation is 2. The molecule has 0 unspecified atom stereocenters. The molecular formula is C21H28N6O. The molecule has 0 atom stereocenters. The average Bonchev–Trinajstić information content (AvgIpc) is 3.21. The van der Waals surface area contributed by atoms with Gasteiger partial charge in [-0.25, -0.2) is 14.8 Å². The highest BCUT2D eigenvalue weighted by molar-refractivity contribution is 5.98. The normalized spacial score (nSPS) is 17.3. The zero-order valence-corrected chi connectivity index (χ0v) is 17.1. The Bertz CT molecular complexity index is 892. The van der Waals surface area contributed by atoms with Gasteiger partial charge < -0.3 is 5.32 Å². The maximum atomic E-state index is 12.9. The smallest absolute Gasteiger partial charge is 0.324 e. The fraction of sp³-hybridized carbons (Fsp3) is 0.476. The van der Waals surface area contributed by atoms with Crippen molar-refractivity contribution in [3.05, 3.63) is 35.5 Å². The first kappa shape index (κ1) is 18.5. The van der Waals surface area contributed by atoms with Gasteiger partial charge in [0, 0.05) is 19.3 Å². The van der Waals surface area contributed by atoms with Gasteiger partial charge in [-0.3, -0.25) is 9.91 Å². The van der Waals surface area contributed by atoms with Crippen molar-refractivity contribution in [2.45, 2.75) is 52.5 Å². The van der Waals surface area contributed by atoms with E-state index in [4.69, 9.17) is 4.98 Å². The number of nitrogens with one attached hydrogen (secondary N) is 1. The topological polar surface area (TPSA) is 64.6 Å². The van der Waals surface area contributed by atoms with Gasteiger partial charge >= 0.3 is 6.03 Å². The summed E-state index contributed by atoms with van der Waals surface area (Å²) in [5, 5.41) is 7.29. The first-order valence-electron chi connectivity index (χ1n) is 10.0. The summed E-state index contributed by atoms with van der Waals surface area (Å²) in [6.07, 6.45) is 6.30. The van der Waals surface area contributed by atoms with Crippen LogP contribution >= 0.6 is 0 Å². The summed E-state index contributed by atoms with van der Waals surface area (Å²) in [5.74, 6) is 1.35. The van der Waals surface area contributed by atoms with E-state index in [1.165, 1.54) is 18.4 Å². The highest BCUT2D eigenvalue weighted by Crippen LogP contribution is 2.38. The van der Waals surface area contributed by atoms with E-state index in [2.05, 4.69) is 47.4 Å². The minimum absolute atomic E-state index is 0.0271. The van der Waals surface area contributed by atoms with Crippen molar-refractivity contribution in [3.8, 4) is 0 Å². The van der Waals surface area contributed by atoms with Gasteiger partial charge in [0.2, 0.25) is 5.95 Å². The molecule has 4 rings (SSSR count). The van der Waals surface area contributed by atoms with E-state index in [0.717, 1.165) is 35.6 Å². The monoisotopic (exact) mass is 380 g/mol. The standard InChI is InChI=1S/C21H28N6O/c1-5-26-21(28)25(4)18-13-22-20(23-17-12-14(2)10-11-15(17)3)24-19(18)27(26)16-8-6-7-9-16/h10-13,16H,5-9H2,1-4H3,(H,22,23,24). The van der Waals surface area contributed by atoms with Crippen LogP contribution in [-0.2, 0) is 0 Å². The molecule has 1 aromatic carbocycles. The fourth-order valence-electron chi connectivity index (χ4n) is 4.11. The number of rotatable bonds is 4. The lowest BCUT2D eigenvalue weighted by Crippen LogP contribution is -2.59. The number of amides is 2. The van der Waals surface area contributed by atoms with Crippen LogP contribution in [0.2, 0.25) is 0 Å². The number of hydrogen-bond acceptors (Lipinski definition) is 5. The Labute approximate surface area is 166 Å². The number of urea groups is 1. The molecule has 2 aliphatic rings. The highest BCUT2D eigenvalue weighted by atomic mass is 16.2. The Hall–Kier alpha value is -2.83. The Balaban J connectivity index is 1.75. The molecule has 1 aliphatic heterocycles. The van der Waals surface area contributed by atoms with E-state index in [-0.39, 0.29) is 6.03 Å². The number of fused-ring (bicyclic) bond motifs is 1. The molecule has 148 valence electrons. The van der Waals surface area contributed by atoms with Gasteiger partial charge in [0.05, 0.1) is 12.2 Å². The van der Waals surface area contributed by atoms with Crippen LogP contribution in [0.1, 0.15) is 43.7 Å². The summed E-state index contributed by atoms with van der Waals surface area (Å²) in [6.45, 7) is 6.76.